The van der Waals surface area contributed by atoms with Crippen LogP contribution in [-0.4, -0.2) is 5.60 Å². The fourth-order valence-electron chi connectivity index (χ4n) is 1.88. The number of benzene rings is 1. The summed E-state index contributed by atoms with van der Waals surface area (Å²) in [7, 11) is 0. The van der Waals surface area contributed by atoms with Crippen LogP contribution < -0.4 is 10.5 Å². The molecule has 14 heavy (non-hydrogen) atoms. The van der Waals surface area contributed by atoms with Crippen LogP contribution in [-0.2, 0) is 0 Å². The van der Waals surface area contributed by atoms with Gasteiger partial charge in [0.05, 0.1) is 0 Å². The van der Waals surface area contributed by atoms with Crippen LogP contribution in [0.1, 0.15) is 31.9 Å². The Morgan fingerprint density at radius 2 is 2.21 bits per heavy atom. The van der Waals surface area contributed by atoms with Gasteiger partial charge in [-0.05, 0) is 26.0 Å². The summed E-state index contributed by atoms with van der Waals surface area (Å²) in [5.41, 5.74) is 7.02. The average molecular weight is 256 g/mol. The third-order valence-electron chi connectivity index (χ3n) is 2.47. The normalized spacial score (nSPS) is 23.9. The van der Waals surface area contributed by atoms with E-state index in [2.05, 4.69) is 29.8 Å². The molecule has 0 aromatic heterocycles. The van der Waals surface area contributed by atoms with Gasteiger partial charge in [-0.2, -0.15) is 0 Å². The van der Waals surface area contributed by atoms with E-state index in [4.69, 9.17) is 10.5 Å². The van der Waals surface area contributed by atoms with Gasteiger partial charge in [0.25, 0.3) is 0 Å². The third-order valence-corrected chi connectivity index (χ3v) is 2.97. The van der Waals surface area contributed by atoms with E-state index in [0.717, 1.165) is 22.2 Å². The maximum atomic E-state index is 6.08. The number of fused-ring (bicyclic) bond motifs is 1. The van der Waals surface area contributed by atoms with Crippen molar-refractivity contribution in [2.75, 3.05) is 0 Å². The Morgan fingerprint density at radius 1 is 1.50 bits per heavy atom. The fraction of sp³-hybridized carbons (Fsp3) is 0.455. The first-order valence-electron chi connectivity index (χ1n) is 4.72. The molecule has 0 aliphatic carbocycles. The molecular formula is C11H14BrNO. The van der Waals surface area contributed by atoms with Crippen LogP contribution in [0.4, 0.5) is 0 Å². The van der Waals surface area contributed by atoms with E-state index in [9.17, 15) is 0 Å². The molecule has 0 spiro atoms. The van der Waals surface area contributed by atoms with Gasteiger partial charge in [0.15, 0.2) is 0 Å². The van der Waals surface area contributed by atoms with Crippen molar-refractivity contribution in [3.05, 3.63) is 28.2 Å². The molecular weight excluding hydrogens is 242 g/mol. The summed E-state index contributed by atoms with van der Waals surface area (Å²) in [4.78, 5) is 0. The molecule has 0 saturated heterocycles. The van der Waals surface area contributed by atoms with Crippen molar-refractivity contribution in [3.63, 3.8) is 0 Å². The molecule has 76 valence electrons. The zero-order chi connectivity index (χ0) is 10.3. The molecule has 0 unspecified atom stereocenters. The maximum Gasteiger partial charge on any atom is 0.126 e. The van der Waals surface area contributed by atoms with Crippen LogP contribution >= 0.6 is 15.9 Å². The van der Waals surface area contributed by atoms with Gasteiger partial charge in [-0.1, -0.05) is 22.0 Å². The molecule has 1 aromatic carbocycles. The molecule has 0 bridgehead atoms. The summed E-state index contributed by atoms with van der Waals surface area (Å²) in [6, 6.07) is 6.09. The summed E-state index contributed by atoms with van der Waals surface area (Å²) >= 11 is 3.43. The second kappa shape index (κ2) is 3.24. The first kappa shape index (κ1) is 9.99. The van der Waals surface area contributed by atoms with Crippen LogP contribution in [0, 0.1) is 0 Å². The molecule has 1 aromatic rings. The van der Waals surface area contributed by atoms with E-state index in [1.165, 1.54) is 0 Å². The summed E-state index contributed by atoms with van der Waals surface area (Å²) in [6.07, 6.45) is 0.863. The summed E-state index contributed by atoms with van der Waals surface area (Å²) in [5, 5.41) is 0. The Bertz CT molecular complexity index is 362. The SMILES string of the molecule is CC1(C)C[C@@H](N)c2ccc(Br)cc2O1. The van der Waals surface area contributed by atoms with Crippen molar-refractivity contribution >= 4 is 15.9 Å². The average Bonchev–Trinajstić information content (AvgIpc) is 2.00. The van der Waals surface area contributed by atoms with Crippen LogP contribution in [0.15, 0.2) is 22.7 Å². The summed E-state index contributed by atoms with van der Waals surface area (Å²) < 4.78 is 6.89. The fourth-order valence-corrected chi connectivity index (χ4v) is 2.22. The largest absolute Gasteiger partial charge is 0.487 e. The molecule has 1 aliphatic heterocycles. The highest BCUT2D eigenvalue weighted by Crippen LogP contribution is 2.39. The molecule has 0 amide bonds. The summed E-state index contributed by atoms with van der Waals surface area (Å²) in [6.45, 7) is 4.13. The van der Waals surface area contributed by atoms with Gasteiger partial charge in [-0.25, -0.2) is 0 Å². The van der Waals surface area contributed by atoms with Crippen molar-refractivity contribution in [1.82, 2.24) is 0 Å². The number of nitrogens with two attached hydrogens (primary N) is 1. The minimum absolute atomic E-state index is 0.0850. The van der Waals surface area contributed by atoms with E-state index in [1.54, 1.807) is 0 Å². The molecule has 3 heteroatoms. The van der Waals surface area contributed by atoms with Crippen molar-refractivity contribution in [3.8, 4) is 5.75 Å². The minimum atomic E-state index is -0.160. The lowest BCUT2D eigenvalue weighted by Gasteiger charge is -2.36. The van der Waals surface area contributed by atoms with Gasteiger partial charge in [0.2, 0.25) is 0 Å². The second-order valence-corrected chi connectivity index (χ2v) is 5.27. The van der Waals surface area contributed by atoms with Crippen LogP contribution in [0.3, 0.4) is 0 Å². The molecule has 2 N–H and O–H groups in total. The van der Waals surface area contributed by atoms with Crippen molar-refractivity contribution in [2.24, 2.45) is 5.73 Å². The van der Waals surface area contributed by atoms with Gasteiger partial charge in [0, 0.05) is 22.5 Å². The second-order valence-electron chi connectivity index (χ2n) is 4.35. The van der Waals surface area contributed by atoms with Crippen molar-refractivity contribution in [2.45, 2.75) is 31.9 Å². The molecule has 0 saturated carbocycles. The van der Waals surface area contributed by atoms with Gasteiger partial charge in [0.1, 0.15) is 11.4 Å². The van der Waals surface area contributed by atoms with Crippen LogP contribution in [0.2, 0.25) is 0 Å². The van der Waals surface area contributed by atoms with E-state index >= 15 is 0 Å². The Labute approximate surface area is 92.6 Å². The Morgan fingerprint density at radius 3 is 2.93 bits per heavy atom. The molecule has 2 rings (SSSR count). The van der Waals surface area contributed by atoms with E-state index in [0.29, 0.717) is 0 Å². The van der Waals surface area contributed by atoms with Crippen molar-refractivity contribution < 1.29 is 4.74 Å². The zero-order valence-corrected chi connectivity index (χ0v) is 9.97. The van der Waals surface area contributed by atoms with Crippen LogP contribution in [0.25, 0.3) is 0 Å². The highest BCUT2D eigenvalue weighted by atomic mass is 79.9. The van der Waals surface area contributed by atoms with Gasteiger partial charge < -0.3 is 10.5 Å². The smallest absolute Gasteiger partial charge is 0.126 e. The van der Waals surface area contributed by atoms with Crippen LogP contribution in [0.5, 0.6) is 5.75 Å². The highest BCUT2D eigenvalue weighted by Gasteiger charge is 2.31. The third kappa shape index (κ3) is 1.79. The Hall–Kier alpha value is -0.540. The van der Waals surface area contributed by atoms with Gasteiger partial charge in [-0.15, -0.1) is 0 Å². The van der Waals surface area contributed by atoms with Gasteiger partial charge in [-0.3, -0.25) is 0 Å². The highest BCUT2D eigenvalue weighted by molar-refractivity contribution is 9.10. The number of halogens is 1. The molecule has 1 atom stereocenters. The monoisotopic (exact) mass is 255 g/mol. The number of ether oxygens (including phenoxy) is 1. The predicted octanol–water partition coefficient (Wildman–Crippen LogP) is 3.01. The lowest BCUT2D eigenvalue weighted by molar-refractivity contribution is 0.0728. The Kier molecular flexibility index (Phi) is 2.32. The lowest BCUT2D eigenvalue weighted by Crippen LogP contribution is -2.37. The first-order chi connectivity index (χ1) is 6.48. The summed E-state index contributed by atoms with van der Waals surface area (Å²) in [5.74, 6) is 0.906. The number of rotatable bonds is 0. The topological polar surface area (TPSA) is 35.2 Å². The molecule has 1 aliphatic rings. The minimum Gasteiger partial charge on any atom is -0.487 e. The molecule has 2 nitrogen and oxygen atoms in total. The molecule has 1 heterocycles. The lowest BCUT2D eigenvalue weighted by atomic mass is 9.90. The molecule has 0 fully saturated rings. The number of hydrogen-bond acceptors (Lipinski definition) is 2. The molecule has 0 radical (unpaired) electrons. The first-order valence-corrected chi connectivity index (χ1v) is 5.51. The van der Waals surface area contributed by atoms with E-state index < -0.39 is 0 Å². The number of hydrogen-bond donors (Lipinski definition) is 1. The van der Waals surface area contributed by atoms with E-state index in [-0.39, 0.29) is 11.6 Å². The van der Waals surface area contributed by atoms with Gasteiger partial charge >= 0.3 is 0 Å². The zero-order valence-electron chi connectivity index (χ0n) is 8.38. The maximum absolute atomic E-state index is 6.08. The standard InChI is InChI=1S/C11H14BrNO/c1-11(2)6-9(13)8-4-3-7(12)5-10(8)14-11/h3-5,9H,6,13H2,1-2H3/t9-/m1/s1. The van der Waals surface area contributed by atoms with E-state index in [1.807, 2.05) is 18.2 Å². The van der Waals surface area contributed by atoms with Crippen molar-refractivity contribution in [1.29, 1.82) is 0 Å². The Balaban J connectivity index is 2.46. The quantitative estimate of drug-likeness (QED) is 0.774. The predicted molar refractivity (Wildman–Crippen MR) is 60.4 cm³/mol.